The van der Waals surface area contributed by atoms with Crippen LogP contribution in [0.2, 0.25) is 0 Å². The summed E-state index contributed by atoms with van der Waals surface area (Å²) in [7, 11) is 0. The number of aliphatic hydroxyl groups excluding tert-OH is 2. The number of carbonyl (C=O) groups is 1. The van der Waals surface area contributed by atoms with Crippen LogP contribution >= 0.6 is 0 Å². The zero-order valence-electron chi connectivity index (χ0n) is 16.6. The van der Waals surface area contributed by atoms with Crippen LogP contribution in [0.15, 0.2) is 24.3 Å². The second kappa shape index (κ2) is 10.4. The molecule has 0 spiro atoms. The van der Waals surface area contributed by atoms with E-state index in [2.05, 4.69) is 0 Å². The molecule has 2 aliphatic carbocycles. The van der Waals surface area contributed by atoms with Crippen molar-refractivity contribution in [3.63, 3.8) is 0 Å². The summed E-state index contributed by atoms with van der Waals surface area (Å²) in [6.45, 7) is 0.598. The molecule has 6 nitrogen and oxygen atoms in total. The number of rotatable bonds is 11. The number of ether oxygens (including phenoxy) is 2. The fraction of sp³-hybridized carbons (Fsp3) is 0.682. The molecule has 6 atom stereocenters. The van der Waals surface area contributed by atoms with Crippen molar-refractivity contribution in [1.29, 1.82) is 0 Å². The summed E-state index contributed by atoms with van der Waals surface area (Å²) < 4.78 is 24.3. The Kier molecular flexibility index (Phi) is 7.86. The second-order valence-electron chi connectivity index (χ2n) is 8.35. The highest BCUT2D eigenvalue weighted by Crippen LogP contribution is 2.50. The lowest BCUT2D eigenvalue weighted by Crippen LogP contribution is -2.25. The fourth-order valence-electron chi connectivity index (χ4n) is 4.88. The third-order valence-corrected chi connectivity index (χ3v) is 6.27. The summed E-state index contributed by atoms with van der Waals surface area (Å²) >= 11 is 0. The highest BCUT2D eigenvalue weighted by atomic mass is 19.1. The topological polar surface area (TPSA) is 96.2 Å². The third-order valence-electron chi connectivity index (χ3n) is 6.27. The molecule has 3 N–H and O–H groups in total. The number of hydrogen-bond acceptors (Lipinski definition) is 5. The van der Waals surface area contributed by atoms with Gasteiger partial charge in [0.2, 0.25) is 0 Å². The Morgan fingerprint density at radius 2 is 1.97 bits per heavy atom. The number of carboxylic acid groups (broad SMARTS) is 1. The van der Waals surface area contributed by atoms with Crippen molar-refractivity contribution in [2.24, 2.45) is 17.8 Å². The molecular formula is C22H31FO6. The first-order valence-corrected chi connectivity index (χ1v) is 10.5. The molecule has 2 fully saturated rings. The van der Waals surface area contributed by atoms with Crippen molar-refractivity contribution in [2.45, 2.75) is 63.3 Å². The quantitative estimate of drug-likeness (QED) is 0.486. The minimum absolute atomic E-state index is 0.124. The van der Waals surface area contributed by atoms with Crippen molar-refractivity contribution in [1.82, 2.24) is 0 Å². The van der Waals surface area contributed by atoms with Gasteiger partial charge in [-0.2, -0.15) is 0 Å². The van der Waals surface area contributed by atoms with Crippen molar-refractivity contribution in [2.75, 3.05) is 13.2 Å². The summed E-state index contributed by atoms with van der Waals surface area (Å²) in [6.07, 6.45) is 3.64. The first-order chi connectivity index (χ1) is 13.9. The first-order valence-electron chi connectivity index (χ1n) is 10.5. The molecule has 2 unspecified atom stereocenters. The van der Waals surface area contributed by atoms with Gasteiger partial charge < -0.3 is 24.8 Å². The number of hydrogen-bond donors (Lipinski definition) is 3. The number of halogens is 1. The molecule has 2 saturated carbocycles. The van der Waals surface area contributed by atoms with Gasteiger partial charge >= 0.3 is 5.97 Å². The van der Waals surface area contributed by atoms with Crippen LogP contribution in [0.5, 0.6) is 5.75 Å². The molecule has 0 amide bonds. The number of benzene rings is 1. The number of carboxylic acids is 1. The maximum absolute atomic E-state index is 12.9. The predicted octanol–water partition coefficient (Wildman–Crippen LogP) is 3.00. The van der Waals surface area contributed by atoms with E-state index in [4.69, 9.17) is 14.6 Å². The normalized spacial score (nSPS) is 29.6. The molecule has 0 aromatic heterocycles. The van der Waals surface area contributed by atoms with Gasteiger partial charge in [-0.25, -0.2) is 4.39 Å². The molecular weight excluding hydrogens is 379 g/mol. The van der Waals surface area contributed by atoms with Gasteiger partial charge in [-0.15, -0.1) is 0 Å². The molecule has 0 radical (unpaired) electrons. The molecule has 29 heavy (non-hydrogen) atoms. The van der Waals surface area contributed by atoms with E-state index >= 15 is 0 Å². The Bertz CT molecular complexity index is 651. The van der Waals surface area contributed by atoms with Gasteiger partial charge in [-0.05, 0) is 80.5 Å². The van der Waals surface area contributed by atoms with E-state index < -0.39 is 12.1 Å². The largest absolute Gasteiger partial charge is 0.491 e. The number of aliphatic hydroxyl groups is 2. The van der Waals surface area contributed by atoms with E-state index in [-0.39, 0.29) is 37.0 Å². The third kappa shape index (κ3) is 6.39. The SMILES string of the molecule is O=C(O)CCCOC1C[C@@H]2C[C@@H](O)[C@H](CCC(O)COc3ccc(F)cc3)[C@@H]2C1. The van der Waals surface area contributed by atoms with Crippen LogP contribution in [0.1, 0.15) is 44.9 Å². The molecule has 7 heteroatoms. The van der Waals surface area contributed by atoms with E-state index in [1.165, 1.54) is 24.3 Å². The monoisotopic (exact) mass is 410 g/mol. The first kappa shape index (κ1) is 22.0. The van der Waals surface area contributed by atoms with Crippen LogP contribution in [0.4, 0.5) is 4.39 Å². The minimum Gasteiger partial charge on any atom is -0.491 e. The zero-order chi connectivity index (χ0) is 20.8. The number of aliphatic carboxylic acids is 1. The van der Waals surface area contributed by atoms with Gasteiger partial charge in [-0.3, -0.25) is 4.79 Å². The molecule has 162 valence electrons. The molecule has 1 aromatic carbocycles. The van der Waals surface area contributed by atoms with Crippen molar-refractivity contribution < 1.29 is 34.0 Å². The van der Waals surface area contributed by atoms with Gasteiger partial charge in [0, 0.05) is 13.0 Å². The van der Waals surface area contributed by atoms with Gasteiger partial charge in [0.1, 0.15) is 18.2 Å². The van der Waals surface area contributed by atoms with E-state index in [1.807, 2.05) is 0 Å². The van der Waals surface area contributed by atoms with E-state index in [9.17, 15) is 19.4 Å². The van der Waals surface area contributed by atoms with E-state index in [0.717, 1.165) is 25.7 Å². The van der Waals surface area contributed by atoms with Crippen LogP contribution in [0, 0.1) is 23.6 Å². The summed E-state index contributed by atoms with van der Waals surface area (Å²) in [4.78, 5) is 10.6. The molecule has 3 rings (SSSR count). The maximum atomic E-state index is 12.9. The average Bonchev–Trinajstić information content (AvgIpc) is 3.19. The summed E-state index contributed by atoms with van der Waals surface area (Å²) in [5, 5.41) is 29.4. The Balaban J connectivity index is 1.38. The van der Waals surface area contributed by atoms with Gasteiger partial charge in [0.05, 0.1) is 18.3 Å². The maximum Gasteiger partial charge on any atom is 0.303 e. The lowest BCUT2D eigenvalue weighted by molar-refractivity contribution is -0.137. The Labute approximate surface area is 170 Å². The van der Waals surface area contributed by atoms with Crippen molar-refractivity contribution >= 4 is 5.97 Å². The van der Waals surface area contributed by atoms with E-state index in [0.29, 0.717) is 37.0 Å². The van der Waals surface area contributed by atoms with E-state index in [1.54, 1.807) is 0 Å². The lowest BCUT2D eigenvalue weighted by atomic mass is 9.87. The second-order valence-corrected chi connectivity index (χ2v) is 8.35. The predicted molar refractivity (Wildman–Crippen MR) is 104 cm³/mol. The zero-order valence-corrected chi connectivity index (χ0v) is 16.6. The van der Waals surface area contributed by atoms with Crippen molar-refractivity contribution in [3.8, 4) is 5.75 Å². The summed E-state index contributed by atoms with van der Waals surface area (Å²) in [6, 6.07) is 5.69. The lowest BCUT2D eigenvalue weighted by Gasteiger charge is -2.23. The molecule has 0 bridgehead atoms. The van der Waals surface area contributed by atoms with Gasteiger partial charge in [0.25, 0.3) is 0 Å². The average molecular weight is 410 g/mol. The smallest absolute Gasteiger partial charge is 0.303 e. The highest BCUT2D eigenvalue weighted by molar-refractivity contribution is 5.66. The summed E-state index contributed by atoms with van der Waals surface area (Å²) in [5.74, 6) is 0.357. The van der Waals surface area contributed by atoms with Crippen LogP contribution in [0.25, 0.3) is 0 Å². The molecule has 0 saturated heterocycles. The van der Waals surface area contributed by atoms with Crippen LogP contribution in [-0.2, 0) is 9.53 Å². The van der Waals surface area contributed by atoms with Crippen LogP contribution < -0.4 is 4.74 Å². The van der Waals surface area contributed by atoms with Crippen LogP contribution in [-0.4, -0.2) is 52.8 Å². The fourth-order valence-corrected chi connectivity index (χ4v) is 4.88. The minimum atomic E-state index is -0.804. The molecule has 1 aromatic rings. The van der Waals surface area contributed by atoms with Crippen LogP contribution in [0.3, 0.4) is 0 Å². The molecule has 0 aliphatic heterocycles. The Morgan fingerprint density at radius 3 is 2.69 bits per heavy atom. The highest BCUT2D eigenvalue weighted by Gasteiger charge is 2.47. The number of fused-ring (bicyclic) bond motifs is 1. The standard InChI is InChI=1S/C22H31FO6/c23-15-3-6-17(7-4-15)29-13-16(24)5-8-19-20-12-18(10-14(20)11-21(19)25)28-9-1-2-22(26)27/h3-4,6-7,14,16,18-21,24-25H,1-2,5,8-13H2,(H,26,27)/t14-,16?,18?,19-,20-,21-/m1/s1. The van der Waals surface area contributed by atoms with Gasteiger partial charge in [0.15, 0.2) is 0 Å². The molecule has 2 aliphatic rings. The van der Waals surface area contributed by atoms with Crippen molar-refractivity contribution in [3.05, 3.63) is 30.1 Å². The molecule has 0 heterocycles. The Morgan fingerprint density at radius 1 is 1.21 bits per heavy atom. The Hall–Kier alpha value is -1.70. The van der Waals surface area contributed by atoms with Gasteiger partial charge in [-0.1, -0.05) is 0 Å². The summed E-state index contributed by atoms with van der Waals surface area (Å²) in [5.41, 5.74) is 0.